The van der Waals surface area contributed by atoms with E-state index in [1.807, 2.05) is 14.0 Å². The molecule has 0 atom stereocenters. The van der Waals surface area contributed by atoms with Crippen molar-refractivity contribution in [3.05, 3.63) is 0 Å². The molecule has 2 rings (SSSR count). The smallest absolute Gasteiger partial charge is 0.323 e. The van der Waals surface area contributed by atoms with Crippen molar-refractivity contribution in [2.24, 2.45) is 0 Å². The average Bonchev–Trinajstić information content (AvgIpc) is 2.34. The Bertz CT molecular complexity index is 408. The van der Waals surface area contributed by atoms with E-state index in [0.717, 1.165) is 13.0 Å². The zero-order valence-corrected chi connectivity index (χ0v) is 12.0. The van der Waals surface area contributed by atoms with Crippen molar-refractivity contribution in [2.45, 2.75) is 45.6 Å². The summed E-state index contributed by atoms with van der Waals surface area (Å²) in [7, 11) is 2.04. The van der Waals surface area contributed by atoms with E-state index in [2.05, 4.69) is 32.1 Å². The summed E-state index contributed by atoms with van der Waals surface area (Å²) in [6.07, 6.45) is 4.75. The Balaban J connectivity index is 2.16. The molecule has 1 N–H and O–H groups in total. The first-order valence-electron chi connectivity index (χ1n) is 7.10. The topological polar surface area (TPSA) is 63.2 Å². The Kier molecular flexibility index (Phi) is 4.76. The van der Waals surface area contributed by atoms with Crippen LogP contribution in [0.2, 0.25) is 0 Å². The fourth-order valence-electron chi connectivity index (χ4n) is 1.95. The van der Waals surface area contributed by atoms with E-state index in [0.29, 0.717) is 30.6 Å². The van der Waals surface area contributed by atoms with Gasteiger partial charge in [0, 0.05) is 19.6 Å². The van der Waals surface area contributed by atoms with Crippen molar-refractivity contribution >= 4 is 11.9 Å². The highest BCUT2D eigenvalue weighted by Gasteiger charge is 2.24. The first-order valence-corrected chi connectivity index (χ1v) is 7.10. The van der Waals surface area contributed by atoms with Crippen LogP contribution in [-0.4, -0.2) is 41.2 Å². The molecule has 19 heavy (non-hydrogen) atoms. The third kappa shape index (κ3) is 3.45. The monoisotopic (exact) mass is 265 g/mol. The summed E-state index contributed by atoms with van der Waals surface area (Å²) in [6, 6.07) is 0.952. The Labute approximate surface area is 114 Å². The number of aromatic nitrogens is 3. The number of nitrogens with zero attached hydrogens (tertiary/aromatic N) is 4. The summed E-state index contributed by atoms with van der Waals surface area (Å²) in [5.74, 6) is 1.29. The van der Waals surface area contributed by atoms with Crippen LogP contribution in [-0.2, 0) is 0 Å². The molecule has 1 aromatic rings. The van der Waals surface area contributed by atoms with E-state index < -0.39 is 0 Å². The second kappa shape index (κ2) is 6.54. The minimum Gasteiger partial charge on any atom is -0.464 e. The number of ether oxygens (including phenoxy) is 1. The normalized spacial score (nSPS) is 14.9. The lowest BCUT2D eigenvalue weighted by Gasteiger charge is -2.34. The van der Waals surface area contributed by atoms with Crippen LogP contribution in [0, 0.1) is 0 Å². The maximum atomic E-state index is 5.42. The fraction of sp³-hybridized carbons (Fsp3) is 0.769. The average molecular weight is 265 g/mol. The van der Waals surface area contributed by atoms with Gasteiger partial charge < -0.3 is 15.0 Å². The molecule has 0 aliphatic heterocycles. The number of nitrogens with one attached hydrogen (secondary N) is 1. The van der Waals surface area contributed by atoms with E-state index in [1.165, 1.54) is 19.3 Å². The van der Waals surface area contributed by atoms with Crippen LogP contribution in [0.1, 0.15) is 39.5 Å². The van der Waals surface area contributed by atoms with Gasteiger partial charge in [-0.2, -0.15) is 15.0 Å². The van der Waals surface area contributed by atoms with E-state index >= 15 is 0 Å². The summed E-state index contributed by atoms with van der Waals surface area (Å²) in [5, 5.41) is 3.19. The molecule has 1 aliphatic rings. The molecule has 6 heteroatoms. The standard InChI is InChI=1S/C13H23N5O/c1-4-9-14-11-15-12(17-13(16-11)19-5-2)18(3)10-7-6-8-10/h10H,4-9H2,1-3H3,(H,14,15,16,17). The predicted octanol–water partition coefficient (Wildman–Crippen LogP) is 2.08. The lowest BCUT2D eigenvalue weighted by Crippen LogP contribution is -2.38. The zero-order chi connectivity index (χ0) is 13.7. The molecule has 0 spiro atoms. The Morgan fingerprint density at radius 2 is 2.05 bits per heavy atom. The van der Waals surface area contributed by atoms with Crippen LogP contribution in [0.3, 0.4) is 0 Å². The van der Waals surface area contributed by atoms with E-state index in [-0.39, 0.29) is 0 Å². The van der Waals surface area contributed by atoms with Gasteiger partial charge in [0.25, 0.3) is 0 Å². The summed E-state index contributed by atoms with van der Waals surface area (Å²) < 4.78 is 5.42. The van der Waals surface area contributed by atoms with Gasteiger partial charge in [-0.1, -0.05) is 6.92 Å². The molecule has 1 aliphatic carbocycles. The lowest BCUT2D eigenvalue weighted by atomic mass is 9.92. The van der Waals surface area contributed by atoms with Gasteiger partial charge in [-0.05, 0) is 32.6 Å². The van der Waals surface area contributed by atoms with Gasteiger partial charge in [0.05, 0.1) is 6.61 Å². The highest BCUT2D eigenvalue weighted by Crippen LogP contribution is 2.27. The van der Waals surface area contributed by atoms with Crippen molar-refractivity contribution in [1.29, 1.82) is 0 Å². The molecule has 1 saturated carbocycles. The molecular weight excluding hydrogens is 242 g/mol. The zero-order valence-electron chi connectivity index (χ0n) is 12.0. The molecule has 1 fully saturated rings. The Hall–Kier alpha value is -1.59. The van der Waals surface area contributed by atoms with Crippen LogP contribution >= 0.6 is 0 Å². The van der Waals surface area contributed by atoms with Crippen LogP contribution in [0.5, 0.6) is 6.01 Å². The molecular formula is C13H23N5O. The summed E-state index contributed by atoms with van der Waals surface area (Å²) >= 11 is 0. The maximum Gasteiger partial charge on any atom is 0.323 e. The highest BCUT2D eigenvalue weighted by molar-refractivity contribution is 5.39. The Morgan fingerprint density at radius 3 is 2.63 bits per heavy atom. The maximum absolute atomic E-state index is 5.42. The van der Waals surface area contributed by atoms with Crippen molar-refractivity contribution in [2.75, 3.05) is 30.4 Å². The van der Waals surface area contributed by atoms with Gasteiger partial charge in [-0.3, -0.25) is 0 Å². The molecule has 0 amide bonds. The Morgan fingerprint density at radius 1 is 1.26 bits per heavy atom. The molecule has 0 bridgehead atoms. The van der Waals surface area contributed by atoms with Crippen LogP contribution in [0.4, 0.5) is 11.9 Å². The second-order valence-corrected chi connectivity index (χ2v) is 4.80. The van der Waals surface area contributed by atoms with Crippen molar-refractivity contribution in [1.82, 2.24) is 15.0 Å². The molecule has 106 valence electrons. The fourth-order valence-corrected chi connectivity index (χ4v) is 1.95. The van der Waals surface area contributed by atoms with Gasteiger partial charge in [0.1, 0.15) is 0 Å². The SMILES string of the molecule is CCCNc1nc(OCC)nc(N(C)C2CCC2)n1. The molecule has 0 aromatic carbocycles. The van der Waals surface area contributed by atoms with Gasteiger partial charge in [-0.25, -0.2) is 0 Å². The highest BCUT2D eigenvalue weighted by atomic mass is 16.5. The van der Waals surface area contributed by atoms with Gasteiger partial charge >= 0.3 is 6.01 Å². The van der Waals surface area contributed by atoms with Gasteiger partial charge in [0.15, 0.2) is 0 Å². The van der Waals surface area contributed by atoms with Crippen LogP contribution in [0.15, 0.2) is 0 Å². The van der Waals surface area contributed by atoms with Crippen molar-refractivity contribution < 1.29 is 4.74 Å². The number of anilines is 2. The third-order valence-electron chi connectivity index (χ3n) is 3.35. The molecule has 1 aromatic heterocycles. The van der Waals surface area contributed by atoms with E-state index in [1.54, 1.807) is 0 Å². The first kappa shape index (κ1) is 13.8. The summed E-state index contributed by atoms with van der Waals surface area (Å²) in [6.45, 7) is 5.45. The quantitative estimate of drug-likeness (QED) is 0.814. The summed E-state index contributed by atoms with van der Waals surface area (Å²) in [5.41, 5.74) is 0. The van der Waals surface area contributed by atoms with Crippen LogP contribution in [0.25, 0.3) is 0 Å². The minimum absolute atomic E-state index is 0.400. The van der Waals surface area contributed by atoms with Crippen LogP contribution < -0.4 is 15.0 Å². The van der Waals surface area contributed by atoms with Gasteiger partial charge in [-0.15, -0.1) is 0 Å². The first-order chi connectivity index (χ1) is 9.24. The largest absolute Gasteiger partial charge is 0.464 e. The molecule has 0 unspecified atom stereocenters. The van der Waals surface area contributed by atoms with E-state index in [4.69, 9.17) is 4.74 Å². The second-order valence-electron chi connectivity index (χ2n) is 4.80. The lowest BCUT2D eigenvalue weighted by molar-refractivity contribution is 0.310. The number of rotatable bonds is 7. The molecule has 0 radical (unpaired) electrons. The van der Waals surface area contributed by atoms with E-state index in [9.17, 15) is 0 Å². The van der Waals surface area contributed by atoms with Gasteiger partial charge in [0.2, 0.25) is 11.9 Å². The molecule has 6 nitrogen and oxygen atoms in total. The van der Waals surface area contributed by atoms with Crippen molar-refractivity contribution in [3.63, 3.8) is 0 Å². The molecule has 1 heterocycles. The van der Waals surface area contributed by atoms with Crippen molar-refractivity contribution in [3.8, 4) is 6.01 Å². The predicted molar refractivity (Wildman–Crippen MR) is 75.8 cm³/mol. The minimum atomic E-state index is 0.400. The summed E-state index contributed by atoms with van der Waals surface area (Å²) in [4.78, 5) is 15.2. The number of hydrogen-bond donors (Lipinski definition) is 1. The molecule has 0 saturated heterocycles. The number of hydrogen-bond acceptors (Lipinski definition) is 6. The third-order valence-corrected chi connectivity index (χ3v) is 3.35.